The van der Waals surface area contributed by atoms with Crippen LogP contribution in [0.1, 0.15) is 40.0 Å². The molecule has 2 unspecified atom stereocenters. The molecule has 1 amide bonds. The zero-order valence-electron chi connectivity index (χ0n) is 9.95. The molecule has 1 rings (SSSR count). The fraction of sp³-hybridized carbons (Fsp3) is 0.818. The van der Waals surface area contributed by atoms with Crippen molar-refractivity contribution >= 4 is 11.9 Å². The standard InChI is InChI=1S/C11H19NO4/c1-11(2,3)16-12-9(13)7-5-4-6-8(7)10(14)15/h7-8H,4-6H2,1-3H3,(H,12,13)(H,14,15). The molecule has 1 aliphatic carbocycles. The number of carboxylic acid groups (broad SMARTS) is 1. The molecule has 0 aromatic rings. The van der Waals surface area contributed by atoms with Gasteiger partial charge in [0, 0.05) is 0 Å². The molecule has 1 aliphatic rings. The lowest BCUT2D eigenvalue weighted by Crippen LogP contribution is -2.39. The minimum Gasteiger partial charge on any atom is -0.481 e. The second-order valence-corrected chi connectivity index (χ2v) is 5.16. The van der Waals surface area contributed by atoms with Crippen molar-refractivity contribution in [2.45, 2.75) is 45.6 Å². The van der Waals surface area contributed by atoms with Crippen LogP contribution in [0, 0.1) is 11.8 Å². The Morgan fingerprint density at radius 1 is 1.25 bits per heavy atom. The average Bonchev–Trinajstić information content (AvgIpc) is 2.61. The molecule has 0 aliphatic heterocycles. The summed E-state index contributed by atoms with van der Waals surface area (Å²) < 4.78 is 0. The van der Waals surface area contributed by atoms with Gasteiger partial charge in [0.15, 0.2) is 0 Å². The highest BCUT2D eigenvalue weighted by Gasteiger charge is 2.38. The zero-order chi connectivity index (χ0) is 12.3. The van der Waals surface area contributed by atoms with Crippen LogP contribution in [0.3, 0.4) is 0 Å². The summed E-state index contributed by atoms with van der Waals surface area (Å²) in [5.41, 5.74) is 1.88. The summed E-state index contributed by atoms with van der Waals surface area (Å²) in [6, 6.07) is 0. The molecule has 5 nitrogen and oxygen atoms in total. The topological polar surface area (TPSA) is 75.6 Å². The van der Waals surface area contributed by atoms with Crippen LogP contribution in [0.2, 0.25) is 0 Å². The van der Waals surface area contributed by atoms with E-state index in [1.807, 2.05) is 20.8 Å². The van der Waals surface area contributed by atoms with Crippen molar-refractivity contribution in [3.63, 3.8) is 0 Å². The molecule has 0 bridgehead atoms. The fourth-order valence-electron chi connectivity index (χ4n) is 1.85. The number of hydrogen-bond donors (Lipinski definition) is 2. The first-order chi connectivity index (χ1) is 7.31. The Hall–Kier alpha value is -1.10. The van der Waals surface area contributed by atoms with Gasteiger partial charge in [-0.25, -0.2) is 5.48 Å². The smallest absolute Gasteiger partial charge is 0.307 e. The summed E-state index contributed by atoms with van der Waals surface area (Å²) >= 11 is 0. The Bertz CT molecular complexity index is 282. The predicted molar refractivity (Wildman–Crippen MR) is 57.4 cm³/mol. The van der Waals surface area contributed by atoms with Gasteiger partial charge in [-0.15, -0.1) is 0 Å². The molecule has 5 heteroatoms. The molecule has 1 saturated carbocycles. The van der Waals surface area contributed by atoms with E-state index in [1.165, 1.54) is 0 Å². The van der Waals surface area contributed by atoms with Crippen molar-refractivity contribution in [1.29, 1.82) is 0 Å². The average molecular weight is 229 g/mol. The second-order valence-electron chi connectivity index (χ2n) is 5.16. The molecule has 0 spiro atoms. The maximum Gasteiger partial charge on any atom is 0.307 e. The number of hydroxylamine groups is 1. The van der Waals surface area contributed by atoms with E-state index in [9.17, 15) is 9.59 Å². The molecule has 0 heterocycles. The van der Waals surface area contributed by atoms with Gasteiger partial charge >= 0.3 is 5.97 Å². The monoisotopic (exact) mass is 229 g/mol. The van der Waals surface area contributed by atoms with E-state index in [1.54, 1.807) is 0 Å². The van der Waals surface area contributed by atoms with Gasteiger partial charge in [-0.2, -0.15) is 0 Å². The van der Waals surface area contributed by atoms with Crippen LogP contribution < -0.4 is 5.48 Å². The lowest BCUT2D eigenvalue weighted by molar-refractivity contribution is -0.156. The summed E-state index contributed by atoms with van der Waals surface area (Å²) in [7, 11) is 0. The number of nitrogens with one attached hydrogen (secondary N) is 1. The first-order valence-corrected chi connectivity index (χ1v) is 5.52. The van der Waals surface area contributed by atoms with Crippen molar-refractivity contribution in [1.82, 2.24) is 5.48 Å². The molecule has 1 fully saturated rings. The van der Waals surface area contributed by atoms with Crippen LogP contribution in [-0.2, 0) is 14.4 Å². The Morgan fingerprint density at radius 2 is 1.81 bits per heavy atom. The third-order valence-corrected chi connectivity index (χ3v) is 2.63. The van der Waals surface area contributed by atoms with Crippen LogP contribution in [0.4, 0.5) is 0 Å². The number of hydrogen-bond acceptors (Lipinski definition) is 3. The Balaban J connectivity index is 2.50. The van der Waals surface area contributed by atoms with Crippen LogP contribution in [0.25, 0.3) is 0 Å². The molecular weight excluding hydrogens is 210 g/mol. The third kappa shape index (κ3) is 3.48. The van der Waals surface area contributed by atoms with E-state index in [0.29, 0.717) is 12.8 Å². The summed E-state index contributed by atoms with van der Waals surface area (Å²) in [5.74, 6) is -2.24. The molecule has 16 heavy (non-hydrogen) atoms. The van der Waals surface area contributed by atoms with E-state index in [4.69, 9.17) is 9.94 Å². The van der Waals surface area contributed by atoms with Crippen molar-refractivity contribution < 1.29 is 19.5 Å². The highest BCUT2D eigenvalue weighted by Crippen LogP contribution is 2.32. The highest BCUT2D eigenvalue weighted by atomic mass is 16.7. The predicted octanol–water partition coefficient (Wildman–Crippen LogP) is 1.33. The van der Waals surface area contributed by atoms with Crippen LogP contribution >= 0.6 is 0 Å². The summed E-state index contributed by atoms with van der Waals surface area (Å²) in [6.07, 6.45) is 1.98. The normalized spacial score (nSPS) is 25.4. The van der Waals surface area contributed by atoms with Gasteiger partial charge in [-0.3, -0.25) is 14.4 Å². The largest absolute Gasteiger partial charge is 0.481 e. The maximum atomic E-state index is 11.7. The Kier molecular flexibility index (Phi) is 3.91. The van der Waals surface area contributed by atoms with Gasteiger partial charge in [0.25, 0.3) is 0 Å². The molecule has 2 atom stereocenters. The van der Waals surface area contributed by atoms with Gasteiger partial charge in [-0.1, -0.05) is 6.42 Å². The van der Waals surface area contributed by atoms with E-state index in [0.717, 1.165) is 6.42 Å². The number of carboxylic acids is 1. The molecular formula is C11H19NO4. The number of carbonyl (C=O) groups excluding carboxylic acids is 1. The van der Waals surface area contributed by atoms with Gasteiger partial charge in [0.2, 0.25) is 5.91 Å². The van der Waals surface area contributed by atoms with Gasteiger partial charge in [0.1, 0.15) is 0 Å². The Morgan fingerprint density at radius 3 is 2.31 bits per heavy atom. The van der Waals surface area contributed by atoms with Crippen molar-refractivity contribution in [3.05, 3.63) is 0 Å². The molecule has 0 radical (unpaired) electrons. The van der Waals surface area contributed by atoms with Crippen LogP contribution in [0.5, 0.6) is 0 Å². The van der Waals surface area contributed by atoms with Crippen molar-refractivity contribution in [2.75, 3.05) is 0 Å². The van der Waals surface area contributed by atoms with Crippen molar-refractivity contribution in [3.8, 4) is 0 Å². The minimum atomic E-state index is -0.895. The van der Waals surface area contributed by atoms with E-state index < -0.39 is 23.4 Å². The number of aliphatic carboxylic acids is 1. The molecule has 0 aromatic heterocycles. The first-order valence-electron chi connectivity index (χ1n) is 5.52. The summed E-state index contributed by atoms with van der Waals surface area (Å²) in [4.78, 5) is 27.7. The van der Waals surface area contributed by atoms with Crippen LogP contribution in [-0.4, -0.2) is 22.6 Å². The number of carbonyl (C=O) groups is 2. The summed E-state index contributed by atoms with van der Waals surface area (Å²) in [6.45, 7) is 5.45. The maximum absolute atomic E-state index is 11.7. The minimum absolute atomic E-state index is 0.320. The molecule has 2 N–H and O–H groups in total. The molecule has 0 aromatic carbocycles. The molecule has 92 valence electrons. The fourth-order valence-corrected chi connectivity index (χ4v) is 1.85. The highest BCUT2D eigenvalue weighted by molar-refractivity contribution is 5.84. The molecule has 0 saturated heterocycles. The number of amides is 1. The quantitative estimate of drug-likeness (QED) is 0.716. The van der Waals surface area contributed by atoms with E-state index in [2.05, 4.69) is 5.48 Å². The SMILES string of the molecule is CC(C)(C)ONC(=O)C1CCCC1C(=O)O. The van der Waals surface area contributed by atoms with E-state index in [-0.39, 0.29) is 5.91 Å². The lowest BCUT2D eigenvalue weighted by atomic mass is 9.96. The Labute approximate surface area is 95.1 Å². The summed E-state index contributed by atoms with van der Waals surface area (Å²) in [5, 5.41) is 8.94. The lowest BCUT2D eigenvalue weighted by Gasteiger charge is -2.21. The number of rotatable bonds is 3. The van der Waals surface area contributed by atoms with Gasteiger partial charge < -0.3 is 5.11 Å². The van der Waals surface area contributed by atoms with E-state index >= 15 is 0 Å². The van der Waals surface area contributed by atoms with Crippen LogP contribution in [0.15, 0.2) is 0 Å². The second kappa shape index (κ2) is 4.82. The van der Waals surface area contributed by atoms with Gasteiger partial charge in [-0.05, 0) is 33.6 Å². The first kappa shape index (κ1) is 13.0. The zero-order valence-corrected chi connectivity index (χ0v) is 9.95. The third-order valence-electron chi connectivity index (χ3n) is 2.63. The van der Waals surface area contributed by atoms with Gasteiger partial charge in [0.05, 0.1) is 17.4 Å². The van der Waals surface area contributed by atoms with Crippen molar-refractivity contribution in [2.24, 2.45) is 11.8 Å².